The molecule has 0 atom stereocenters. The van der Waals surface area contributed by atoms with Crippen LogP contribution in [0.25, 0.3) is 0 Å². The topological polar surface area (TPSA) is 27.7 Å². The predicted molar refractivity (Wildman–Crippen MR) is 88.4 cm³/mol. The first kappa shape index (κ1) is 16.4. The van der Waals surface area contributed by atoms with Crippen LogP contribution in [0.3, 0.4) is 0 Å². The Labute approximate surface area is 132 Å². The van der Waals surface area contributed by atoms with E-state index in [2.05, 4.69) is 19.1 Å². The summed E-state index contributed by atoms with van der Waals surface area (Å²) in [6.07, 6.45) is 1.87. The van der Waals surface area contributed by atoms with Crippen LogP contribution in [-0.2, 0) is 11.3 Å². The van der Waals surface area contributed by atoms with Crippen molar-refractivity contribution >= 4 is 0 Å². The summed E-state index contributed by atoms with van der Waals surface area (Å²) in [6.45, 7) is 4.82. The smallest absolute Gasteiger partial charge is 0.122 e. The lowest BCUT2D eigenvalue weighted by Gasteiger charge is -2.09. The fourth-order valence-corrected chi connectivity index (χ4v) is 1.99. The van der Waals surface area contributed by atoms with Gasteiger partial charge in [-0.05, 0) is 24.1 Å². The Morgan fingerprint density at radius 1 is 0.773 bits per heavy atom. The molecule has 0 fully saturated rings. The van der Waals surface area contributed by atoms with Gasteiger partial charge in [0.25, 0.3) is 0 Å². The van der Waals surface area contributed by atoms with Crippen LogP contribution in [0.2, 0.25) is 0 Å². The molecule has 0 spiro atoms. The number of hydrogen-bond acceptors (Lipinski definition) is 3. The first-order valence-electron chi connectivity index (χ1n) is 7.86. The van der Waals surface area contributed by atoms with Gasteiger partial charge in [0.15, 0.2) is 0 Å². The van der Waals surface area contributed by atoms with Crippen LogP contribution < -0.4 is 9.47 Å². The van der Waals surface area contributed by atoms with Gasteiger partial charge in [-0.1, -0.05) is 43.3 Å². The zero-order chi connectivity index (χ0) is 15.5. The molecule has 0 heterocycles. The Hall–Kier alpha value is -2.00. The summed E-state index contributed by atoms with van der Waals surface area (Å²) in [7, 11) is 0. The van der Waals surface area contributed by atoms with E-state index in [9.17, 15) is 0 Å². The minimum atomic E-state index is 0.645. The molecule has 0 amide bonds. The molecule has 0 aliphatic rings. The first-order chi connectivity index (χ1) is 10.9. The maximum Gasteiger partial charge on any atom is 0.122 e. The average Bonchev–Trinajstić information content (AvgIpc) is 2.57. The van der Waals surface area contributed by atoms with Gasteiger partial charge in [-0.15, -0.1) is 0 Å². The van der Waals surface area contributed by atoms with Crippen molar-refractivity contribution in [3.8, 4) is 11.5 Å². The second kappa shape index (κ2) is 9.85. The van der Waals surface area contributed by atoms with E-state index < -0.39 is 0 Å². The minimum absolute atomic E-state index is 0.645. The van der Waals surface area contributed by atoms with E-state index in [1.54, 1.807) is 0 Å². The van der Waals surface area contributed by atoms with Crippen molar-refractivity contribution in [2.24, 2.45) is 0 Å². The zero-order valence-electron chi connectivity index (χ0n) is 13.2. The molecule has 0 N–H and O–H groups in total. The van der Waals surface area contributed by atoms with Crippen molar-refractivity contribution in [1.82, 2.24) is 0 Å². The quantitative estimate of drug-likeness (QED) is 0.606. The number of ether oxygens (including phenoxy) is 3. The second-order valence-electron chi connectivity index (χ2n) is 5.06. The highest BCUT2D eigenvalue weighted by Gasteiger charge is 1.98. The Kier molecular flexibility index (Phi) is 7.33. The fourth-order valence-electron chi connectivity index (χ4n) is 1.99. The van der Waals surface area contributed by atoms with Gasteiger partial charge >= 0.3 is 0 Å². The monoisotopic (exact) mass is 300 g/mol. The average molecular weight is 300 g/mol. The third-order valence-corrected chi connectivity index (χ3v) is 3.09. The molecule has 3 heteroatoms. The minimum Gasteiger partial charge on any atom is -0.493 e. The standard InChI is InChI=1S/C19H24O3/c1-2-12-21-18-10-6-11-19(15-18)22-14-7-13-20-16-17-8-4-3-5-9-17/h3-6,8-11,15H,2,7,12-14,16H2,1H3. The predicted octanol–water partition coefficient (Wildman–Crippen LogP) is 4.46. The summed E-state index contributed by atoms with van der Waals surface area (Å²) in [5.41, 5.74) is 1.20. The molecule has 2 aromatic carbocycles. The van der Waals surface area contributed by atoms with Crippen LogP contribution in [0, 0.1) is 0 Å². The first-order valence-corrected chi connectivity index (χ1v) is 7.86. The molecule has 0 bridgehead atoms. The van der Waals surface area contributed by atoms with Crippen LogP contribution in [0.1, 0.15) is 25.3 Å². The van der Waals surface area contributed by atoms with Crippen LogP contribution >= 0.6 is 0 Å². The molecular formula is C19H24O3. The van der Waals surface area contributed by atoms with E-state index in [-0.39, 0.29) is 0 Å². The van der Waals surface area contributed by atoms with Crippen molar-refractivity contribution in [1.29, 1.82) is 0 Å². The highest BCUT2D eigenvalue weighted by atomic mass is 16.5. The number of hydrogen-bond donors (Lipinski definition) is 0. The Bertz CT molecular complexity index is 525. The second-order valence-corrected chi connectivity index (χ2v) is 5.06. The van der Waals surface area contributed by atoms with Crippen LogP contribution in [0.5, 0.6) is 11.5 Å². The lowest BCUT2D eigenvalue weighted by atomic mass is 10.2. The van der Waals surface area contributed by atoms with Gasteiger partial charge in [0.2, 0.25) is 0 Å². The Morgan fingerprint density at radius 2 is 1.50 bits per heavy atom. The number of rotatable bonds is 10. The van der Waals surface area contributed by atoms with Crippen molar-refractivity contribution in [2.75, 3.05) is 19.8 Å². The van der Waals surface area contributed by atoms with Crippen molar-refractivity contribution in [2.45, 2.75) is 26.4 Å². The van der Waals surface area contributed by atoms with Crippen molar-refractivity contribution in [3.05, 3.63) is 60.2 Å². The SMILES string of the molecule is CCCOc1cccc(OCCCOCc2ccccc2)c1. The molecule has 118 valence electrons. The molecule has 0 saturated heterocycles. The third-order valence-electron chi connectivity index (χ3n) is 3.09. The Balaban J connectivity index is 1.60. The van der Waals surface area contributed by atoms with E-state index >= 15 is 0 Å². The van der Waals surface area contributed by atoms with E-state index in [1.165, 1.54) is 5.56 Å². The van der Waals surface area contributed by atoms with E-state index in [0.717, 1.165) is 30.9 Å². The fraction of sp³-hybridized carbons (Fsp3) is 0.368. The molecule has 3 nitrogen and oxygen atoms in total. The van der Waals surface area contributed by atoms with Crippen LogP contribution in [0.4, 0.5) is 0 Å². The van der Waals surface area contributed by atoms with Gasteiger partial charge in [0.1, 0.15) is 11.5 Å². The van der Waals surface area contributed by atoms with Crippen molar-refractivity contribution in [3.63, 3.8) is 0 Å². The maximum absolute atomic E-state index is 5.72. The largest absolute Gasteiger partial charge is 0.493 e. The molecule has 0 saturated carbocycles. The molecule has 0 unspecified atom stereocenters. The lowest BCUT2D eigenvalue weighted by Crippen LogP contribution is -2.03. The normalized spacial score (nSPS) is 10.4. The summed E-state index contributed by atoms with van der Waals surface area (Å²) in [6, 6.07) is 18.0. The summed E-state index contributed by atoms with van der Waals surface area (Å²) in [4.78, 5) is 0. The highest BCUT2D eigenvalue weighted by Crippen LogP contribution is 2.19. The summed E-state index contributed by atoms with van der Waals surface area (Å²) in [5, 5.41) is 0. The van der Waals surface area contributed by atoms with E-state index in [0.29, 0.717) is 19.8 Å². The third kappa shape index (κ3) is 6.19. The van der Waals surface area contributed by atoms with Crippen LogP contribution in [-0.4, -0.2) is 19.8 Å². The van der Waals surface area contributed by atoms with Gasteiger partial charge in [0.05, 0.1) is 26.4 Å². The summed E-state index contributed by atoms with van der Waals surface area (Å²) < 4.78 is 16.9. The lowest BCUT2D eigenvalue weighted by molar-refractivity contribution is 0.107. The molecule has 0 radical (unpaired) electrons. The molecule has 0 aromatic heterocycles. The molecule has 22 heavy (non-hydrogen) atoms. The zero-order valence-corrected chi connectivity index (χ0v) is 13.2. The Morgan fingerprint density at radius 3 is 2.23 bits per heavy atom. The molecular weight excluding hydrogens is 276 g/mol. The highest BCUT2D eigenvalue weighted by molar-refractivity contribution is 5.32. The molecule has 2 rings (SSSR count). The summed E-state index contributed by atoms with van der Waals surface area (Å²) >= 11 is 0. The number of benzene rings is 2. The van der Waals surface area contributed by atoms with Crippen molar-refractivity contribution < 1.29 is 14.2 Å². The van der Waals surface area contributed by atoms with Gasteiger partial charge in [-0.3, -0.25) is 0 Å². The summed E-state index contributed by atoms with van der Waals surface area (Å²) in [5.74, 6) is 1.70. The van der Waals surface area contributed by atoms with Gasteiger partial charge in [0, 0.05) is 12.5 Å². The maximum atomic E-state index is 5.72. The molecule has 2 aromatic rings. The van der Waals surface area contributed by atoms with Gasteiger partial charge in [-0.2, -0.15) is 0 Å². The van der Waals surface area contributed by atoms with Gasteiger partial charge < -0.3 is 14.2 Å². The molecule has 0 aliphatic heterocycles. The van der Waals surface area contributed by atoms with Gasteiger partial charge in [-0.25, -0.2) is 0 Å². The van der Waals surface area contributed by atoms with E-state index in [1.807, 2.05) is 42.5 Å². The molecule has 0 aliphatic carbocycles. The van der Waals surface area contributed by atoms with Crippen LogP contribution in [0.15, 0.2) is 54.6 Å². The van der Waals surface area contributed by atoms with E-state index in [4.69, 9.17) is 14.2 Å².